The van der Waals surface area contributed by atoms with Gasteiger partial charge in [0.1, 0.15) is 0 Å². The number of unbranched alkanes of at least 4 members (excludes halogenated alkanes) is 7. The van der Waals surface area contributed by atoms with Gasteiger partial charge in [-0.1, -0.05) is 45.4 Å². The molecule has 0 radical (unpaired) electrons. The van der Waals surface area contributed by atoms with Crippen molar-refractivity contribution in [1.29, 1.82) is 0 Å². The van der Waals surface area contributed by atoms with Crippen LogP contribution in [0.25, 0.3) is 0 Å². The lowest BCUT2D eigenvalue weighted by atomic mass is 10.1. The zero-order valence-corrected chi connectivity index (χ0v) is 13.4. The normalized spacial score (nSPS) is 11.3. The number of rotatable bonds is 11. The standard InChI is InChI=1S/C15H34N.ClH/c1-5-8-9-10-11-12-13-14-15-16(4,6-2)7-3;/h5-15H2,1-4H3;1H/q+1;/p-1. The van der Waals surface area contributed by atoms with Crippen LogP contribution in [0.4, 0.5) is 0 Å². The molecule has 2 heteroatoms. The Morgan fingerprint density at radius 2 is 1.06 bits per heavy atom. The highest BCUT2D eigenvalue weighted by atomic mass is 35.5. The van der Waals surface area contributed by atoms with E-state index in [1.165, 1.54) is 75.5 Å². The highest BCUT2D eigenvalue weighted by Crippen LogP contribution is 2.10. The molecule has 0 aromatic carbocycles. The monoisotopic (exact) mass is 263 g/mol. The molecule has 0 aromatic rings. The molecule has 0 aliphatic heterocycles. The molecule has 0 bridgehead atoms. The molecule has 0 saturated carbocycles. The van der Waals surface area contributed by atoms with Crippen LogP contribution in [0.1, 0.15) is 72.1 Å². The Balaban J connectivity index is 0. The van der Waals surface area contributed by atoms with Gasteiger partial charge in [-0.2, -0.15) is 0 Å². The third kappa shape index (κ3) is 11.1. The molecular formula is C15H34ClN. The van der Waals surface area contributed by atoms with E-state index < -0.39 is 0 Å². The molecule has 0 N–H and O–H groups in total. The number of halogens is 1. The second-order valence-corrected chi connectivity index (χ2v) is 5.45. The van der Waals surface area contributed by atoms with Gasteiger partial charge >= 0.3 is 0 Å². The fraction of sp³-hybridized carbons (Fsp3) is 1.00. The summed E-state index contributed by atoms with van der Waals surface area (Å²) in [6, 6.07) is 0. The van der Waals surface area contributed by atoms with E-state index in [4.69, 9.17) is 0 Å². The van der Waals surface area contributed by atoms with E-state index >= 15 is 0 Å². The zero-order chi connectivity index (χ0) is 12.3. The van der Waals surface area contributed by atoms with Crippen molar-refractivity contribution < 1.29 is 16.9 Å². The molecule has 0 amide bonds. The fourth-order valence-electron chi connectivity index (χ4n) is 2.17. The van der Waals surface area contributed by atoms with E-state index in [-0.39, 0.29) is 12.4 Å². The van der Waals surface area contributed by atoms with E-state index in [1.807, 2.05) is 0 Å². The number of quaternary nitrogens is 1. The molecule has 0 aliphatic carbocycles. The van der Waals surface area contributed by atoms with Gasteiger partial charge in [0, 0.05) is 0 Å². The molecule has 106 valence electrons. The van der Waals surface area contributed by atoms with Crippen LogP contribution in [0.2, 0.25) is 0 Å². The maximum Gasteiger partial charge on any atom is 0.0784 e. The Hall–Kier alpha value is 0.250. The summed E-state index contributed by atoms with van der Waals surface area (Å²) in [5, 5.41) is 0. The quantitative estimate of drug-likeness (QED) is 0.393. The minimum Gasteiger partial charge on any atom is -1.00 e. The van der Waals surface area contributed by atoms with E-state index in [0.717, 1.165) is 0 Å². The van der Waals surface area contributed by atoms with Crippen LogP contribution >= 0.6 is 0 Å². The van der Waals surface area contributed by atoms with Crippen molar-refractivity contribution in [2.45, 2.75) is 72.1 Å². The van der Waals surface area contributed by atoms with Crippen LogP contribution in [0, 0.1) is 0 Å². The third-order valence-electron chi connectivity index (χ3n) is 4.08. The second-order valence-electron chi connectivity index (χ2n) is 5.45. The van der Waals surface area contributed by atoms with Crippen LogP contribution in [-0.4, -0.2) is 31.2 Å². The molecule has 0 atom stereocenters. The van der Waals surface area contributed by atoms with Crippen LogP contribution < -0.4 is 12.4 Å². The van der Waals surface area contributed by atoms with Gasteiger partial charge in [-0.25, -0.2) is 0 Å². The van der Waals surface area contributed by atoms with E-state index in [2.05, 4.69) is 27.8 Å². The zero-order valence-electron chi connectivity index (χ0n) is 12.6. The van der Waals surface area contributed by atoms with Crippen molar-refractivity contribution in [1.82, 2.24) is 0 Å². The van der Waals surface area contributed by atoms with Crippen molar-refractivity contribution in [2.75, 3.05) is 26.7 Å². The lowest BCUT2D eigenvalue weighted by Gasteiger charge is -2.32. The van der Waals surface area contributed by atoms with Gasteiger partial charge < -0.3 is 16.9 Å². The van der Waals surface area contributed by atoms with Crippen molar-refractivity contribution in [2.24, 2.45) is 0 Å². The predicted octanol–water partition coefficient (Wildman–Crippen LogP) is 1.62. The SMILES string of the molecule is CCCCCCCCCC[N+](C)(CC)CC.[Cl-]. The molecule has 17 heavy (non-hydrogen) atoms. The summed E-state index contributed by atoms with van der Waals surface area (Å²) in [5.41, 5.74) is 0. The van der Waals surface area contributed by atoms with Gasteiger partial charge in [0.25, 0.3) is 0 Å². The minimum atomic E-state index is 0. The van der Waals surface area contributed by atoms with E-state index in [1.54, 1.807) is 0 Å². The Bertz CT molecular complexity index is 144. The van der Waals surface area contributed by atoms with Crippen molar-refractivity contribution in [3.05, 3.63) is 0 Å². The molecule has 0 rings (SSSR count). The van der Waals surface area contributed by atoms with E-state index in [9.17, 15) is 0 Å². The topological polar surface area (TPSA) is 0 Å². The Morgan fingerprint density at radius 3 is 1.47 bits per heavy atom. The summed E-state index contributed by atoms with van der Waals surface area (Å²) in [7, 11) is 2.39. The molecule has 0 aromatic heterocycles. The minimum absolute atomic E-state index is 0. The first-order valence-corrected chi connectivity index (χ1v) is 7.52. The van der Waals surface area contributed by atoms with Gasteiger partial charge in [-0.05, 0) is 26.7 Å². The molecular weight excluding hydrogens is 230 g/mol. The average molecular weight is 264 g/mol. The number of nitrogens with zero attached hydrogens (tertiary/aromatic N) is 1. The predicted molar refractivity (Wildman–Crippen MR) is 74.7 cm³/mol. The molecule has 0 unspecified atom stereocenters. The summed E-state index contributed by atoms with van der Waals surface area (Å²) in [6.45, 7) is 10.9. The summed E-state index contributed by atoms with van der Waals surface area (Å²) in [5.74, 6) is 0. The molecule has 0 saturated heterocycles. The highest BCUT2D eigenvalue weighted by molar-refractivity contribution is 4.46. The first-order chi connectivity index (χ1) is 7.68. The molecule has 0 heterocycles. The first kappa shape index (κ1) is 19.6. The summed E-state index contributed by atoms with van der Waals surface area (Å²) in [4.78, 5) is 0. The van der Waals surface area contributed by atoms with Gasteiger partial charge in [-0.3, -0.25) is 0 Å². The van der Waals surface area contributed by atoms with Crippen molar-refractivity contribution >= 4 is 0 Å². The van der Waals surface area contributed by atoms with Crippen LogP contribution in [0.3, 0.4) is 0 Å². The second kappa shape index (κ2) is 12.7. The van der Waals surface area contributed by atoms with E-state index in [0.29, 0.717) is 0 Å². The Morgan fingerprint density at radius 1 is 0.647 bits per heavy atom. The molecule has 0 aliphatic rings. The van der Waals surface area contributed by atoms with Crippen LogP contribution in [-0.2, 0) is 0 Å². The number of hydrogen-bond donors (Lipinski definition) is 0. The third-order valence-corrected chi connectivity index (χ3v) is 4.08. The van der Waals surface area contributed by atoms with Crippen molar-refractivity contribution in [3.8, 4) is 0 Å². The summed E-state index contributed by atoms with van der Waals surface area (Å²) < 4.78 is 1.26. The maximum atomic E-state index is 2.39. The average Bonchev–Trinajstić information content (AvgIpc) is 2.32. The first-order valence-electron chi connectivity index (χ1n) is 7.52. The highest BCUT2D eigenvalue weighted by Gasteiger charge is 2.14. The molecule has 0 fully saturated rings. The van der Waals surface area contributed by atoms with Gasteiger partial charge in [0.2, 0.25) is 0 Å². The maximum absolute atomic E-state index is 2.39. The van der Waals surface area contributed by atoms with Gasteiger partial charge in [0.05, 0.1) is 26.7 Å². The largest absolute Gasteiger partial charge is 1.00 e. The molecule has 1 nitrogen and oxygen atoms in total. The lowest BCUT2D eigenvalue weighted by molar-refractivity contribution is -0.906. The fourth-order valence-corrected chi connectivity index (χ4v) is 2.17. The van der Waals surface area contributed by atoms with Crippen molar-refractivity contribution in [3.63, 3.8) is 0 Å². The Labute approximate surface area is 116 Å². The number of hydrogen-bond acceptors (Lipinski definition) is 0. The van der Waals surface area contributed by atoms with Crippen LogP contribution in [0.15, 0.2) is 0 Å². The Kier molecular flexibility index (Phi) is 14.6. The summed E-state index contributed by atoms with van der Waals surface area (Å²) in [6.07, 6.45) is 11.5. The summed E-state index contributed by atoms with van der Waals surface area (Å²) >= 11 is 0. The van der Waals surface area contributed by atoms with Gasteiger partial charge in [0.15, 0.2) is 0 Å². The lowest BCUT2D eigenvalue weighted by Crippen LogP contribution is -3.00. The van der Waals surface area contributed by atoms with Gasteiger partial charge in [-0.15, -0.1) is 0 Å². The van der Waals surface area contributed by atoms with Crippen LogP contribution in [0.5, 0.6) is 0 Å². The molecule has 0 spiro atoms. The smallest absolute Gasteiger partial charge is 0.0784 e.